The van der Waals surface area contributed by atoms with Crippen LogP contribution in [0.4, 0.5) is 0 Å². The van der Waals surface area contributed by atoms with Crippen LogP contribution in [0.25, 0.3) is 0 Å². The monoisotopic (exact) mass is 261 g/mol. The number of rotatable bonds is 4. The van der Waals surface area contributed by atoms with E-state index in [1.807, 2.05) is 18.2 Å². The summed E-state index contributed by atoms with van der Waals surface area (Å²) in [4.78, 5) is 4.59. The molecule has 0 aromatic heterocycles. The fraction of sp³-hybridized carbons (Fsp3) is 0.500. The van der Waals surface area contributed by atoms with Crippen molar-refractivity contribution in [2.45, 2.75) is 32.4 Å². The van der Waals surface area contributed by atoms with Crippen LogP contribution in [0.5, 0.6) is 11.5 Å². The predicted octanol–water partition coefficient (Wildman–Crippen LogP) is 1.63. The van der Waals surface area contributed by atoms with Gasteiger partial charge in [-0.2, -0.15) is 0 Å². The van der Waals surface area contributed by atoms with Gasteiger partial charge in [0.15, 0.2) is 17.5 Å². The lowest BCUT2D eigenvalue weighted by Crippen LogP contribution is -2.38. The molecule has 0 saturated heterocycles. The second kappa shape index (κ2) is 5.38. The number of nitrogens with zero attached hydrogens (tertiary/aromatic N) is 1. The number of nitrogens with one attached hydrogen (secondary N) is 2. The molecule has 3 rings (SSSR count). The van der Waals surface area contributed by atoms with Crippen molar-refractivity contribution >= 4 is 5.96 Å². The van der Waals surface area contributed by atoms with Crippen molar-refractivity contribution in [2.75, 3.05) is 13.3 Å². The molecule has 1 heterocycles. The normalized spacial score (nSPS) is 17.4. The highest BCUT2D eigenvalue weighted by atomic mass is 16.7. The number of benzene rings is 1. The van der Waals surface area contributed by atoms with Gasteiger partial charge in [-0.05, 0) is 37.5 Å². The minimum Gasteiger partial charge on any atom is -0.454 e. The topological polar surface area (TPSA) is 54.9 Å². The Bertz CT molecular complexity index is 484. The molecule has 1 aromatic rings. The summed E-state index contributed by atoms with van der Waals surface area (Å²) in [6, 6.07) is 6.56. The minimum absolute atomic E-state index is 0.313. The molecule has 1 fully saturated rings. The van der Waals surface area contributed by atoms with E-state index >= 15 is 0 Å². The van der Waals surface area contributed by atoms with Gasteiger partial charge < -0.3 is 20.1 Å². The van der Waals surface area contributed by atoms with Gasteiger partial charge in [-0.1, -0.05) is 6.07 Å². The standard InChI is InChI=1S/C14H19N3O2/c1-2-15-14(17-11-4-5-11)16-8-10-3-6-12-13(7-10)19-9-18-12/h3,6-7,11H,2,4-5,8-9H2,1H3,(H2,15,16,17). The average molecular weight is 261 g/mol. The summed E-state index contributed by atoms with van der Waals surface area (Å²) in [5.74, 6) is 2.52. The summed E-state index contributed by atoms with van der Waals surface area (Å²) in [5, 5.41) is 6.66. The molecule has 0 amide bonds. The van der Waals surface area contributed by atoms with Crippen molar-refractivity contribution < 1.29 is 9.47 Å². The zero-order valence-corrected chi connectivity index (χ0v) is 11.1. The minimum atomic E-state index is 0.313. The maximum Gasteiger partial charge on any atom is 0.231 e. The zero-order valence-electron chi connectivity index (χ0n) is 11.1. The maximum absolute atomic E-state index is 5.37. The van der Waals surface area contributed by atoms with E-state index in [9.17, 15) is 0 Å². The van der Waals surface area contributed by atoms with Gasteiger partial charge in [-0.25, -0.2) is 4.99 Å². The number of hydrogen-bond acceptors (Lipinski definition) is 3. The van der Waals surface area contributed by atoms with Crippen molar-refractivity contribution in [3.63, 3.8) is 0 Å². The van der Waals surface area contributed by atoms with Gasteiger partial charge in [0, 0.05) is 12.6 Å². The highest BCUT2D eigenvalue weighted by Crippen LogP contribution is 2.32. The van der Waals surface area contributed by atoms with E-state index in [1.54, 1.807) is 0 Å². The van der Waals surface area contributed by atoms with E-state index in [-0.39, 0.29) is 0 Å². The Morgan fingerprint density at radius 3 is 2.95 bits per heavy atom. The van der Waals surface area contributed by atoms with E-state index in [0.29, 0.717) is 19.4 Å². The fourth-order valence-corrected chi connectivity index (χ4v) is 1.95. The first-order valence-corrected chi connectivity index (χ1v) is 6.78. The predicted molar refractivity (Wildman–Crippen MR) is 73.5 cm³/mol. The molecular weight excluding hydrogens is 242 g/mol. The Kier molecular flexibility index (Phi) is 3.44. The summed E-state index contributed by atoms with van der Waals surface area (Å²) in [6.45, 7) is 3.90. The molecule has 0 atom stereocenters. The van der Waals surface area contributed by atoms with Gasteiger partial charge in [0.1, 0.15) is 0 Å². The lowest BCUT2D eigenvalue weighted by Gasteiger charge is -2.10. The third kappa shape index (κ3) is 3.10. The van der Waals surface area contributed by atoms with Crippen LogP contribution in [-0.2, 0) is 6.54 Å². The van der Waals surface area contributed by atoms with Gasteiger partial charge in [-0.3, -0.25) is 0 Å². The van der Waals surface area contributed by atoms with Crippen molar-refractivity contribution in [2.24, 2.45) is 4.99 Å². The maximum atomic E-state index is 5.37. The van der Waals surface area contributed by atoms with Crippen LogP contribution < -0.4 is 20.1 Å². The van der Waals surface area contributed by atoms with Gasteiger partial charge in [0.05, 0.1) is 6.54 Å². The second-order valence-corrected chi connectivity index (χ2v) is 4.80. The zero-order chi connectivity index (χ0) is 13.1. The first-order chi connectivity index (χ1) is 9.35. The molecule has 19 heavy (non-hydrogen) atoms. The van der Waals surface area contributed by atoms with E-state index in [1.165, 1.54) is 12.8 Å². The quantitative estimate of drug-likeness (QED) is 0.639. The lowest BCUT2D eigenvalue weighted by molar-refractivity contribution is 0.174. The molecule has 5 heteroatoms. The van der Waals surface area contributed by atoms with E-state index in [4.69, 9.17) is 9.47 Å². The molecule has 1 aromatic carbocycles. The molecule has 0 unspecified atom stereocenters. The van der Waals surface area contributed by atoms with E-state index in [0.717, 1.165) is 29.6 Å². The number of fused-ring (bicyclic) bond motifs is 1. The molecular formula is C14H19N3O2. The van der Waals surface area contributed by atoms with Crippen LogP contribution in [-0.4, -0.2) is 25.3 Å². The Labute approximate surface area is 113 Å². The molecule has 0 spiro atoms. The molecule has 2 aliphatic rings. The Hall–Kier alpha value is -1.91. The third-order valence-corrected chi connectivity index (χ3v) is 3.12. The van der Waals surface area contributed by atoms with Gasteiger partial charge in [-0.15, -0.1) is 0 Å². The SMILES string of the molecule is CCNC(=NCc1ccc2c(c1)OCO2)NC1CC1. The molecule has 0 radical (unpaired) electrons. The summed E-state index contributed by atoms with van der Waals surface area (Å²) in [5.41, 5.74) is 1.12. The summed E-state index contributed by atoms with van der Waals surface area (Å²) < 4.78 is 10.7. The van der Waals surface area contributed by atoms with Gasteiger partial charge >= 0.3 is 0 Å². The van der Waals surface area contributed by atoms with E-state index < -0.39 is 0 Å². The number of aliphatic imine (C=N–C) groups is 1. The average Bonchev–Trinajstić information content (AvgIpc) is 3.11. The van der Waals surface area contributed by atoms with Crippen molar-refractivity contribution in [1.29, 1.82) is 0 Å². The van der Waals surface area contributed by atoms with Crippen molar-refractivity contribution in [3.05, 3.63) is 23.8 Å². The van der Waals surface area contributed by atoms with Crippen LogP contribution in [0.2, 0.25) is 0 Å². The molecule has 0 bridgehead atoms. The van der Waals surface area contributed by atoms with Gasteiger partial charge in [0.2, 0.25) is 6.79 Å². The van der Waals surface area contributed by atoms with Crippen molar-refractivity contribution in [3.8, 4) is 11.5 Å². The first-order valence-electron chi connectivity index (χ1n) is 6.78. The third-order valence-electron chi connectivity index (χ3n) is 3.12. The number of hydrogen-bond donors (Lipinski definition) is 2. The van der Waals surface area contributed by atoms with E-state index in [2.05, 4.69) is 22.5 Å². The molecule has 5 nitrogen and oxygen atoms in total. The fourth-order valence-electron chi connectivity index (χ4n) is 1.95. The van der Waals surface area contributed by atoms with Crippen LogP contribution in [0.15, 0.2) is 23.2 Å². The largest absolute Gasteiger partial charge is 0.454 e. The Balaban J connectivity index is 1.65. The number of guanidine groups is 1. The number of ether oxygens (including phenoxy) is 2. The molecule has 1 saturated carbocycles. The van der Waals surface area contributed by atoms with Crippen LogP contribution in [0, 0.1) is 0 Å². The highest BCUT2D eigenvalue weighted by molar-refractivity contribution is 5.80. The first kappa shape index (κ1) is 12.1. The highest BCUT2D eigenvalue weighted by Gasteiger charge is 2.22. The van der Waals surface area contributed by atoms with Gasteiger partial charge in [0.25, 0.3) is 0 Å². The summed E-state index contributed by atoms with van der Waals surface area (Å²) in [6.07, 6.45) is 2.49. The molecule has 1 aliphatic heterocycles. The van der Waals surface area contributed by atoms with Crippen LogP contribution >= 0.6 is 0 Å². The Morgan fingerprint density at radius 1 is 1.32 bits per heavy atom. The smallest absolute Gasteiger partial charge is 0.231 e. The molecule has 102 valence electrons. The summed E-state index contributed by atoms with van der Waals surface area (Å²) in [7, 11) is 0. The van der Waals surface area contributed by atoms with Crippen LogP contribution in [0.1, 0.15) is 25.3 Å². The second-order valence-electron chi connectivity index (χ2n) is 4.80. The Morgan fingerprint density at radius 2 is 2.16 bits per heavy atom. The van der Waals surface area contributed by atoms with Crippen LogP contribution in [0.3, 0.4) is 0 Å². The molecule has 1 aliphatic carbocycles. The molecule has 2 N–H and O–H groups in total. The van der Waals surface area contributed by atoms with Crippen molar-refractivity contribution in [1.82, 2.24) is 10.6 Å². The summed E-state index contributed by atoms with van der Waals surface area (Å²) >= 11 is 0. The lowest BCUT2D eigenvalue weighted by atomic mass is 10.2.